The third-order valence-electron chi connectivity index (χ3n) is 4.57. The van der Waals surface area contributed by atoms with E-state index in [1.54, 1.807) is 18.5 Å². The highest BCUT2D eigenvalue weighted by Crippen LogP contribution is 2.23. The molecule has 130 valence electrons. The molecule has 1 saturated heterocycles. The summed E-state index contributed by atoms with van der Waals surface area (Å²) in [6.45, 7) is 2.98. The monoisotopic (exact) mass is 348 g/mol. The Hall–Kier alpha value is -3.26. The second-order valence-corrected chi connectivity index (χ2v) is 6.12. The summed E-state index contributed by atoms with van der Waals surface area (Å²) >= 11 is 0. The van der Waals surface area contributed by atoms with Gasteiger partial charge in [0.15, 0.2) is 5.82 Å². The molecule has 8 heteroatoms. The van der Waals surface area contributed by atoms with Crippen molar-refractivity contribution < 1.29 is 4.74 Å². The Morgan fingerprint density at radius 3 is 2.73 bits per heavy atom. The number of H-pyrrole nitrogens is 1. The molecule has 0 radical (unpaired) electrons. The Morgan fingerprint density at radius 2 is 1.92 bits per heavy atom. The van der Waals surface area contributed by atoms with Gasteiger partial charge in [0.25, 0.3) is 5.56 Å². The molecule has 1 fully saturated rings. The number of nitrogens with one attached hydrogen (secondary N) is 1. The summed E-state index contributed by atoms with van der Waals surface area (Å²) in [6, 6.07) is 9.32. The lowest BCUT2D eigenvalue weighted by molar-refractivity contribution is 0.122. The molecule has 0 bridgehead atoms. The van der Waals surface area contributed by atoms with E-state index in [2.05, 4.69) is 20.0 Å². The molecule has 5 rings (SSSR count). The number of pyridine rings is 3. The molecule has 4 aromatic heterocycles. The van der Waals surface area contributed by atoms with Crippen LogP contribution in [-0.4, -0.2) is 51.0 Å². The number of fused-ring (bicyclic) bond motifs is 3. The highest BCUT2D eigenvalue weighted by Gasteiger charge is 2.16. The van der Waals surface area contributed by atoms with Crippen LogP contribution in [0.25, 0.3) is 27.8 Å². The van der Waals surface area contributed by atoms with Gasteiger partial charge in [-0.1, -0.05) is 6.07 Å². The summed E-state index contributed by atoms with van der Waals surface area (Å²) in [4.78, 5) is 28.4. The van der Waals surface area contributed by atoms with Gasteiger partial charge in [0.05, 0.1) is 29.6 Å². The Morgan fingerprint density at radius 1 is 1.04 bits per heavy atom. The SMILES string of the molecule is O=c1c2cnc3ccc(N4CCOCC4)nc3c2[nH]n1-c1ccccn1. The highest BCUT2D eigenvalue weighted by molar-refractivity contribution is 6.00. The van der Waals surface area contributed by atoms with Crippen LogP contribution in [0.1, 0.15) is 0 Å². The minimum atomic E-state index is -0.188. The van der Waals surface area contributed by atoms with Crippen molar-refractivity contribution in [2.45, 2.75) is 0 Å². The third-order valence-corrected chi connectivity index (χ3v) is 4.57. The second kappa shape index (κ2) is 5.92. The van der Waals surface area contributed by atoms with E-state index >= 15 is 0 Å². The van der Waals surface area contributed by atoms with Crippen LogP contribution in [0.3, 0.4) is 0 Å². The molecule has 8 nitrogen and oxygen atoms in total. The molecule has 0 aromatic carbocycles. The van der Waals surface area contributed by atoms with Gasteiger partial charge in [0.1, 0.15) is 11.3 Å². The largest absolute Gasteiger partial charge is 0.378 e. The van der Waals surface area contributed by atoms with Gasteiger partial charge in [0.2, 0.25) is 0 Å². The number of morpholine rings is 1. The number of ether oxygens (including phenoxy) is 1. The van der Waals surface area contributed by atoms with E-state index in [1.807, 2.05) is 24.3 Å². The molecule has 1 N–H and O–H groups in total. The molecule has 26 heavy (non-hydrogen) atoms. The van der Waals surface area contributed by atoms with Crippen molar-refractivity contribution >= 4 is 27.8 Å². The Labute approximate surface area is 148 Å². The van der Waals surface area contributed by atoms with Crippen LogP contribution in [0.4, 0.5) is 5.82 Å². The van der Waals surface area contributed by atoms with Crippen molar-refractivity contribution in [1.29, 1.82) is 0 Å². The average molecular weight is 348 g/mol. The number of anilines is 1. The van der Waals surface area contributed by atoms with E-state index in [0.29, 0.717) is 35.5 Å². The fourth-order valence-corrected chi connectivity index (χ4v) is 3.23. The third kappa shape index (κ3) is 2.34. The normalized spacial score (nSPS) is 15.0. The van der Waals surface area contributed by atoms with E-state index in [0.717, 1.165) is 24.4 Å². The number of nitrogens with zero attached hydrogens (tertiary/aromatic N) is 5. The van der Waals surface area contributed by atoms with Crippen LogP contribution in [0.5, 0.6) is 0 Å². The molecule has 0 amide bonds. The Kier molecular flexibility index (Phi) is 3.42. The van der Waals surface area contributed by atoms with Crippen molar-refractivity contribution in [1.82, 2.24) is 24.7 Å². The lowest BCUT2D eigenvalue weighted by atomic mass is 10.2. The zero-order valence-electron chi connectivity index (χ0n) is 13.9. The van der Waals surface area contributed by atoms with Crippen molar-refractivity contribution in [3.05, 3.63) is 53.1 Å². The van der Waals surface area contributed by atoms with Gasteiger partial charge < -0.3 is 9.64 Å². The quantitative estimate of drug-likeness (QED) is 0.590. The van der Waals surface area contributed by atoms with E-state index in [-0.39, 0.29) is 5.56 Å². The number of aromatic nitrogens is 5. The van der Waals surface area contributed by atoms with Gasteiger partial charge >= 0.3 is 0 Å². The summed E-state index contributed by atoms with van der Waals surface area (Å²) < 4.78 is 6.83. The molecule has 0 unspecified atom stereocenters. The summed E-state index contributed by atoms with van der Waals surface area (Å²) in [5.74, 6) is 1.40. The smallest absolute Gasteiger partial charge is 0.282 e. The number of aromatic amines is 1. The van der Waals surface area contributed by atoms with Crippen LogP contribution in [-0.2, 0) is 4.74 Å². The minimum absolute atomic E-state index is 0.188. The van der Waals surface area contributed by atoms with Crippen LogP contribution in [0.15, 0.2) is 47.5 Å². The first kappa shape index (κ1) is 15.0. The number of hydrogen-bond acceptors (Lipinski definition) is 6. The average Bonchev–Trinajstić information content (AvgIpc) is 3.06. The van der Waals surface area contributed by atoms with E-state index in [9.17, 15) is 4.79 Å². The molecule has 0 aliphatic carbocycles. The second-order valence-electron chi connectivity index (χ2n) is 6.12. The lowest BCUT2D eigenvalue weighted by Crippen LogP contribution is -2.36. The molecular weight excluding hydrogens is 332 g/mol. The van der Waals surface area contributed by atoms with Gasteiger partial charge in [-0.2, -0.15) is 0 Å². The van der Waals surface area contributed by atoms with E-state index in [1.165, 1.54) is 4.68 Å². The van der Waals surface area contributed by atoms with Crippen molar-refractivity contribution in [3.8, 4) is 5.82 Å². The van der Waals surface area contributed by atoms with Crippen molar-refractivity contribution in [2.75, 3.05) is 31.2 Å². The molecule has 4 aromatic rings. The first-order valence-electron chi connectivity index (χ1n) is 8.46. The predicted octanol–water partition coefficient (Wildman–Crippen LogP) is 1.49. The van der Waals surface area contributed by atoms with Gasteiger partial charge in [0, 0.05) is 25.5 Å². The molecule has 1 aliphatic rings. The van der Waals surface area contributed by atoms with Gasteiger partial charge in [-0.3, -0.25) is 14.9 Å². The maximum atomic E-state index is 12.8. The standard InChI is InChI=1S/C18H16N6O2/c25-18-12-11-20-13-4-5-15(23-7-9-26-10-8-23)21-17(13)16(12)22-24(18)14-3-1-2-6-19-14/h1-6,11,22H,7-10H2. The zero-order valence-corrected chi connectivity index (χ0v) is 13.9. The molecule has 5 heterocycles. The maximum absolute atomic E-state index is 12.8. The van der Waals surface area contributed by atoms with E-state index < -0.39 is 0 Å². The van der Waals surface area contributed by atoms with Crippen molar-refractivity contribution in [3.63, 3.8) is 0 Å². The predicted molar refractivity (Wildman–Crippen MR) is 97.8 cm³/mol. The summed E-state index contributed by atoms with van der Waals surface area (Å²) in [5, 5.41) is 3.64. The van der Waals surface area contributed by atoms with Crippen LogP contribution in [0.2, 0.25) is 0 Å². The Bertz CT molecular complexity index is 1140. The molecule has 1 aliphatic heterocycles. The Balaban J connectivity index is 1.72. The van der Waals surface area contributed by atoms with Crippen LogP contribution >= 0.6 is 0 Å². The molecule has 0 atom stereocenters. The fourth-order valence-electron chi connectivity index (χ4n) is 3.23. The fraction of sp³-hybridized carbons (Fsp3) is 0.222. The number of hydrogen-bond donors (Lipinski definition) is 1. The molecule has 0 saturated carbocycles. The summed E-state index contributed by atoms with van der Waals surface area (Å²) in [7, 11) is 0. The molecular formula is C18H16N6O2. The molecule has 0 spiro atoms. The zero-order chi connectivity index (χ0) is 17.5. The highest BCUT2D eigenvalue weighted by atomic mass is 16.5. The maximum Gasteiger partial charge on any atom is 0.282 e. The lowest BCUT2D eigenvalue weighted by Gasteiger charge is -2.27. The first-order valence-corrected chi connectivity index (χ1v) is 8.46. The minimum Gasteiger partial charge on any atom is -0.378 e. The first-order chi connectivity index (χ1) is 12.8. The van der Waals surface area contributed by atoms with Crippen molar-refractivity contribution in [2.24, 2.45) is 0 Å². The van der Waals surface area contributed by atoms with Gasteiger partial charge in [-0.05, 0) is 24.3 Å². The van der Waals surface area contributed by atoms with E-state index in [4.69, 9.17) is 9.72 Å². The number of rotatable bonds is 2. The summed E-state index contributed by atoms with van der Waals surface area (Å²) in [5.41, 5.74) is 1.90. The topological polar surface area (TPSA) is 88.9 Å². The van der Waals surface area contributed by atoms with Gasteiger partial charge in [-0.15, -0.1) is 0 Å². The van der Waals surface area contributed by atoms with Crippen LogP contribution < -0.4 is 10.5 Å². The van der Waals surface area contributed by atoms with Gasteiger partial charge in [-0.25, -0.2) is 14.6 Å². The summed E-state index contributed by atoms with van der Waals surface area (Å²) in [6.07, 6.45) is 3.24. The van der Waals surface area contributed by atoms with Crippen LogP contribution in [0, 0.1) is 0 Å².